The third-order valence-corrected chi connectivity index (χ3v) is 3.76. The fourth-order valence-corrected chi connectivity index (χ4v) is 2.64. The number of nitrogens with one attached hydrogen (secondary N) is 1. The van der Waals surface area contributed by atoms with Crippen LogP contribution < -0.4 is 5.32 Å². The lowest BCUT2D eigenvalue weighted by atomic mass is 10.2. The number of hydrogen-bond acceptors (Lipinski definition) is 3. The van der Waals surface area contributed by atoms with Crippen molar-refractivity contribution in [3.63, 3.8) is 0 Å². The van der Waals surface area contributed by atoms with Gasteiger partial charge in [-0.2, -0.15) is 13.1 Å². The van der Waals surface area contributed by atoms with Gasteiger partial charge in [0.15, 0.2) is 0 Å². The molecule has 0 aromatic rings. The van der Waals surface area contributed by atoms with Gasteiger partial charge >= 0.3 is 5.76 Å². The van der Waals surface area contributed by atoms with Gasteiger partial charge in [0, 0.05) is 13.1 Å². The van der Waals surface area contributed by atoms with Crippen LogP contribution in [0.2, 0.25) is 0 Å². The molecule has 1 N–H and O–H groups in total. The molecule has 0 aliphatic carbocycles. The third kappa shape index (κ3) is 2.25. The topological polar surface area (TPSA) is 66.5 Å². The zero-order valence-electron chi connectivity index (χ0n) is 8.11. The molecule has 1 unspecified atom stereocenters. The second kappa shape index (κ2) is 4.40. The Labute approximate surface area is 86.5 Å². The molecule has 0 radical (unpaired) electrons. The Kier molecular flexibility index (Phi) is 3.61. The maximum absolute atomic E-state index is 12.3. The quantitative estimate of drug-likeness (QED) is 0.742. The number of alkyl halides is 2. The normalized spacial score (nSPS) is 24.3. The van der Waals surface area contributed by atoms with Crippen molar-refractivity contribution in [2.45, 2.75) is 25.1 Å². The second-order valence-corrected chi connectivity index (χ2v) is 4.99. The maximum Gasteiger partial charge on any atom is 0.350 e. The van der Waals surface area contributed by atoms with Crippen molar-refractivity contribution in [1.29, 1.82) is 0 Å². The third-order valence-electron chi connectivity index (χ3n) is 2.22. The lowest BCUT2D eigenvalue weighted by Crippen LogP contribution is -2.57. The number of nitrogens with zero attached hydrogens (tertiary/aromatic N) is 1. The summed E-state index contributed by atoms with van der Waals surface area (Å²) in [6.07, 6.45) is 0.178. The number of carbonyl (C=O) groups is 1. The molecule has 0 saturated carbocycles. The van der Waals surface area contributed by atoms with E-state index in [9.17, 15) is 22.0 Å². The summed E-state index contributed by atoms with van der Waals surface area (Å²) >= 11 is 0. The van der Waals surface area contributed by atoms with E-state index in [1.54, 1.807) is 6.92 Å². The molecule has 1 saturated heterocycles. The fraction of sp³-hybridized carbons (Fsp3) is 0.857. The number of hydrogen-bond donors (Lipinski definition) is 1. The van der Waals surface area contributed by atoms with Crippen LogP contribution in [0.4, 0.5) is 8.78 Å². The van der Waals surface area contributed by atoms with E-state index in [-0.39, 0.29) is 19.5 Å². The predicted octanol–water partition coefficient (Wildman–Crippen LogP) is -0.251. The van der Waals surface area contributed by atoms with Crippen molar-refractivity contribution in [1.82, 2.24) is 9.62 Å². The molecular weight excluding hydrogens is 230 g/mol. The standard InChI is InChI=1S/C7H12F2N2O3S/c1-2-5-6(12)10-3-4-11(5)15(13,14)7(8)9/h5,7H,2-4H2,1H3,(H,10,12). The Morgan fingerprint density at radius 2 is 2.20 bits per heavy atom. The zero-order chi connectivity index (χ0) is 11.6. The van der Waals surface area contributed by atoms with E-state index in [1.807, 2.05) is 0 Å². The summed E-state index contributed by atoms with van der Waals surface area (Å²) in [4.78, 5) is 11.2. The van der Waals surface area contributed by atoms with Crippen LogP contribution in [0.5, 0.6) is 0 Å². The van der Waals surface area contributed by atoms with Crippen molar-refractivity contribution in [2.24, 2.45) is 0 Å². The van der Waals surface area contributed by atoms with Crippen LogP contribution in [0.3, 0.4) is 0 Å². The molecule has 0 spiro atoms. The molecule has 88 valence electrons. The number of amides is 1. The Morgan fingerprint density at radius 1 is 1.60 bits per heavy atom. The van der Waals surface area contributed by atoms with Gasteiger partial charge in [0.25, 0.3) is 10.0 Å². The van der Waals surface area contributed by atoms with Crippen molar-refractivity contribution < 1.29 is 22.0 Å². The highest BCUT2D eigenvalue weighted by Gasteiger charge is 2.41. The van der Waals surface area contributed by atoms with Crippen molar-refractivity contribution in [3.05, 3.63) is 0 Å². The van der Waals surface area contributed by atoms with Crippen LogP contribution in [0, 0.1) is 0 Å². The number of halogens is 2. The molecule has 0 bridgehead atoms. The first-order valence-corrected chi connectivity index (χ1v) is 5.98. The highest BCUT2D eigenvalue weighted by Crippen LogP contribution is 2.18. The molecule has 1 aliphatic rings. The molecule has 1 heterocycles. The van der Waals surface area contributed by atoms with Gasteiger partial charge in [0.1, 0.15) is 6.04 Å². The summed E-state index contributed by atoms with van der Waals surface area (Å²) in [5.74, 6) is -3.99. The summed E-state index contributed by atoms with van der Waals surface area (Å²) in [5, 5.41) is 2.43. The largest absolute Gasteiger partial charge is 0.353 e. The second-order valence-electron chi connectivity index (χ2n) is 3.13. The van der Waals surface area contributed by atoms with Gasteiger partial charge in [-0.3, -0.25) is 4.79 Å². The number of rotatable bonds is 3. The Morgan fingerprint density at radius 3 is 2.67 bits per heavy atom. The maximum atomic E-state index is 12.3. The van der Waals surface area contributed by atoms with E-state index in [4.69, 9.17) is 0 Å². The van der Waals surface area contributed by atoms with Gasteiger partial charge in [0.2, 0.25) is 5.91 Å². The molecule has 8 heteroatoms. The van der Waals surface area contributed by atoms with Crippen LogP contribution >= 0.6 is 0 Å². The highest BCUT2D eigenvalue weighted by atomic mass is 32.2. The van der Waals surface area contributed by atoms with Gasteiger partial charge in [-0.1, -0.05) is 6.92 Å². The molecule has 15 heavy (non-hydrogen) atoms. The summed E-state index contributed by atoms with van der Waals surface area (Å²) in [6.45, 7) is 1.54. The minimum atomic E-state index is -4.65. The van der Waals surface area contributed by atoms with Gasteiger partial charge < -0.3 is 5.32 Å². The molecule has 1 amide bonds. The molecule has 5 nitrogen and oxygen atoms in total. The van der Waals surface area contributed by atoms with Gasteiger partial charge in [-0.05, 0) is 6.42 Å². The monoisotopic (exact) mass is 242 g/mol. The smallest absolute Gasteiger partial charge is 0.350 e. The molecule has 1 aliphatic heterocycles. The Balaban J connectivity index is 2.97. The van der Waals surface area contributed by atoms with Gasteiger partial charge in [-0.25, -0.2) is 8.42 Å². The predicted molar refractivity (Wildman–Crippen MR) is 48.7 cm³/mol. The number of carbonyl (C=O) groups excluding carboxylic acids is 1. The molecule has 1 fully saturated rings. The van der Waals surface area contributed by atoms with Crippen molar-refractivity contribution in [3.8, 4) is 0 Å². The van der Waals surface area contributed by atoms with Gasteiger partial charge in [-0.15, -0.1) is 0 Å². The van der Waals surface area contributed by atoms with E-state index in [2.05, 4.69) is 5.32 Å². The highest BCUT2D eigenvalue weighted by molar-refractivity contribution is 7.89. The van der Waals surface area contributed by atoms with E-state index in [1.165, 1.54) is 0 Å². The average Bonchev–Trinajstić information content (AvgIpc) is 2.17. The van der Waals surface area contributed by atoms with Crippen LogP contribution in [0.1, 0.15) is 13.3 Å². The average molecular weight is 242 g/mol. The van der Waals surface area contributed by atoms with Crippen LogP contribution in [-0.2, 0) is 14.8 Å². The number of sulfonamides is 1. The van der Waals surface area contributed by atoms with Crippen LogP contribution in [0.25, 0.3) is 0 Å². The van der Waals surface area contributed by atoms with Crippen LogP contribution in [0.15, 0.2) is 0 Å². The minimum Gasteiger partial charge on any atom is -0.353 e. The van der Waals surface area contributed by atoms with Gasteiger partial charge in [0.05, 0.1) is 0 Å². The van der Waals surface area contributed by atoms with E-state index in [0.717, 1.165) is 0 Å². The zero-order valence-corrected chi connectivity index (χ0v) is 8.93. The first-order chi connectivity index (χ1) is 6.91. The number of piperazine rings is 1. The summed E-state index contributed by atoms with van der Waals surface area (Å²) in [5.41, 5.74) is 0. The van der Waals surface area contributed by atoms with Crippen molar-refractivity contribution in [2.75, 3.05) is 13.1 Å². The molecule has 1 rings (SSSR count). The Hall–Kier alpha value is -0.760. The first kappa shape index (κ1) is 12.3. The summed E-state index contributed by atoms with van der Waals surface area (Å²) in [6, 6.07) is -1.02. The SMILES string of the molecule is CCC1C(=O)NCCN1S(=O)(=O)C(F)F. The molecule has 1 atom stereocenters. The Bertz CT molecular complexity index is 344. The fourth-order valence-electron chi connectivity index (χ4n) is 1.49. The lowest BCUT2D eigenvalue weighted by molar-refractivity contribution is -0.126. The lowest BCUT2D eigenvalue weighted by Gasteiger charge is -2.32. The molecule has 0 aromatic heterocycles. The molecular formula is C7H12F2N2O3S. The van der Waals surface area contributed by atoms with E-state index >= 15 is 0 Å². The van der Waals surface area contributed by atoms with E-state index < -0.39 is 27.7 Å². The van der Waals surface area contributed by atoms with Crippen LogP contribution in [-0.4, -0.2) is 43.5 Å². The first-order valence-electron chi connectivity index (χ1n) is 4.47. The van der Waals surface area contributed by atoms with E-state index in [0.29, 0.717) is 4.31 Å². The molecule has 0 aromatic carbocycles. The summed E-state index contributed by atoms with van der Waals surface area (Å²) < 4.78 is 47.5. The van der Waals surface area contributed by atoms with Crippen molar-refractivity contribution >= 4 is 15.9 Å². The minimum absolute atomic E-state index is 0.0707. The summed E-state index contributed by atoms with van der Waals surface area (Å²) in [7, 11) is -4.65.